The lowest BCUT2D eigenvalue weighted by Gasteiger charge is -2.46. The zero-order valence-electron chi connectivity index (χ0n) is 17.5. The first-order chi connectivity index (χ1) is 12.8. The molecule has 0 radical (unpaired) electrons. The van der Waals surface area contributed by atoms with Crippen molar-refractivity contribution in [3.8, 4) is 0 Å². The van der Waals surface area contributed by atoms with Gasteiger partial charge in [-0.2, -0.15) is 4.79 Å². The maximum atomic E-state index is 13.3. The van der Waals surface area contributed by atoms with Crippen molar-refractivity contribution in [1.82, 2.24) is 0 Å². The summed E-state index contributed by atoms with van der Waals surface area (Å²) >= 11 is 0. The molecule has 0 bridgehead atoms. The smallest absolute Gasteiger partial charge is 0.420 e. The number of nitrogens with two attached hydrogens (primary N) is 1. The quantitative estimate of drug-likeness (QED) is 0.421. The summed E-state index contributed by atoms with van der Waals surface area (Å²) in [5.41, 5.74) is 6.11. The highest BCUT2D eigenvalue weighted by atomic mass is 16.6. The third kappa shape index (κ3) is 6.65. The first-order valence-electron chi connectivity index (χ1n) is 10.2. The average molecular weight is 378 g/mol. The molecule has 27 heavy (non-hydrogen) atoms. The van der Waals surface area contributed by atoms with E-state index in [1.807, 2.05) is 18.2 Å². The summed E-state index contributed by atoms with van der Waals surface area (Å²) in [7, 11) is 0. The number of quaternary nitrogens is 1. The summed E-state index contributed by atoms with van der Waals surface area (Å²) in [5, 5.41) is 0. The molecule has 1 aromatic rings. The van der Waals surface area contributed by atoms with E-state index >= 15 is 0 Å². The minimum absolute atomic E-state index is 0.168. The number of nitrogens with zero attached hydrogens (tertiary/aromatic N) is 1. The number of benzene rings is 1. The van der Waals surface area contributed by atoms with Crippen molar-refractivity contribution in [3.05, 3.63) is 35.9 Å². The third-order valence-corrected chi connectivity index (χ3v) is 5.61. The van der Waals surface area contributed by atoms with Gasteiger partial charge in [0, 0.05) is 12.0 Å². The highest BCUT2D eigenvalue weighted by Crippen LogP contribution is 2.33. The molecule has 0 saturated heterocycles. The fourth-order valence-electron chi connectivity index (χ4n) is 3.30. The van der Waals surface area contributed by atoms with Gasteiger partial charge in [-0.3, -0.25) is 4.79 Å². The van der Waals surface area contributed by atoms with Crippen molar-refractivity contribution in [3.63, 3.8) is 0 Å². The number of carbonyl (C=O) groups excluding carboxylic acids is 2. The van der Waals surface area contributed by atoms with Crippen molar-refractivity contribution >= 4 is 12.0 Å². The molecule has 5 heteroatoms. The largest absolute Gasteiger partial charge is 0.516 e. The molecule has 0 aromatic heterocycles. The van der Waals surface area contributed by atoms with Crippen LogP contribution in [0, 0.1) is 0 Å². The Labute approximate surface area is 164 Å². The lowest BCUT2D eigenvalue weighted by molar-refractivity contribution is -0.919. The Morgan fingerprint density at radius 2 is 1.74 bits per heavy atom. The van der Waals surface area contributed by atoms with Crippen LogP contribution in [0.5, 0.6) is 0 Å². The van der Waals surface area contributed by atoms with Gasteiger partial charge in [-0.05, 0) is 39.5 Å². The number of carbonyl (C=O) groups is 2. The van der Waals surface area contributed by atoms with E-state index in [-0.39, 0.29) is 22.0 Å². The molecular weight excluding hydrogens is 340 g/mol. The van der Waals surface area contributed by atoms with E-state index in [0.717, 1.165) is 31.2 Å². The maximum Gasteiger partial charge on any atom is 0.516 e. The van der Waals surface area contributed by atoms with E-state index in [4.69, 9.17) is 10.5 Å². The molecule has 2 N–H and O–H groups in total. The molecule has 0 aliphatic heterocycles. The summed E-state index contributed by atoms with van der Waals surface area (Å²) in [4.78, 5) is 24.4. The van der Waals surface area contributed by atoms with Gasteiger partial charge >= 0.3 is 6.09 Å². The lowest BCUT2D eigenvalue weighted by atomic mass is 9.93. The molecule has 0 fully saturated rings. The minimum atomic E-state index is -0.295. The lowest BCUT2D eigenvalue weighted by Crippen LogP contribution is -2.64. The molecule has 0 aliphatic carbocycles. The van der Waals surface area contributed by atoms with Gasteiger partial charge in [-0.15, -0.1) is 0 Å². The van der Waals surface area contributed by atoms with E-state index in [9.17, 15) is 9.59 Å². The fourth-order valence-corrected chi connectivity index (χ4v) is 3.30. The number of primary amides is 1. The first-order valence-corrected chi connectivity index (χ1v) is 10.2. The SMILES string of the molecule is CCCCOC(=O)[N+](CCCCC(N)=O)(Cc1ccccc1)C(C)(C)CC. The number of unbranched alkanes of at least 4 members (excludes halogenated alkanes) is 2. The average Bonchev–Trinajstić information content (AvgIpc) is 2.64. The van der Waals surface area contributed by atoms with Gasteiger partial charge in [0.1, 0.15) is 12.1 Å². The number of hydrogen-bond donors (Lipinski definition) is 1. The summed E-state index contributed by atoms with van der Waals surface area (Å²) in [6, 6.07) is 10.1. The molecule has 1 rings (SSSR count). The topological polar surface area (TPSA) is 69.4 Å². The molecule has 152 valence electrons. The molecule has 1 unspecified atom stereocenters. The molecule has 1 aromatic carbocycles. The molecular formula is C22H37N2O3+. The van der Waals surface area contributed by atoms with E-state index < -0.39 is 0 Å². The van der Waals surface area contributed by atoms with Crippen LogP contribution in [-0.2, 0) is 16.1 Å². The van der Waals surface area contributed by atoms with Crippen LogP contribution in [0.2, 0.25) is 0 Å². The number of hydrogen-bond acceptors (Lipinski definition) is 3. The number of rotatable bonds is 12. The zero-order valence-corrected chi connectivity index (χ0v) is 17.5. The fraction of sp³-hybridized carbons (Fsp3) is 0.636. The highest BCUT2D eigenvalue weighted by Gasteiger charge is 2.50. The molecule has 0 heterocycles. The van der Waals surface area contributed by atoms with E-state index in [1.165, 1.54) is 0 Å². The van der Waals surface area contributed by atoms with Crippen LogP contribution in [0.1, 0.15) is 71.8 Å². The van der Waals surface area contributed by atoms with Crippen LogP contribution < -0.4 is 5.73 Å². The third-order valence-electron chi connectivity index (χ3n) is 5.61. The van der Waals surface area contributed by atoms with Gasteiger partial charge in [0.05, 0.1) is 13.2 Å². The highest BCUT2D eigenvalue weighted by molar-refractivity contribution is 5.73. The van der Waals surface area contributed by atoms with Gasteiger partial charge in [0.15, 0.2) is 0 Å². The van der Waals surface area contributed by atoms with E-state index in [2.05, 4.69) is 39.8 Å². The Morgan fingerprint density at radius 1 is 1.07 bits per heavy atom. The van der Waals surface area contributed by atoms with E-state index in [1.54, 1.807) is 0 Å². The van der Waals surface area contributed by atoms with Crippen molar-refractivity contribution in [1.29, 1.82) is 0 Å². The molecule has 1 atom stereocenters. The van der Waals surface area contributed by atoms with Crippen molar-refractivity contribution in [2.45, 2.75) is 78.3 Å². The Hall–Kier alpha value is -1.88. The summed E-state index contributed by atoms with van der Waals surface area (Å²) in [5.74, 6) is -0.295. The monoisotopic (exact) mass is 377 g/mol. The summed E-state index contributed by atoms with van der Waals surface area (Å²) in [6.45, 7) is 10.1. The van der Waals surface area contributed by atoms with Gasteiger partial charge in [0.2, 0.25) is 5.91 Å². The summed E-state index contributed by atoms with van der Waals surface area (Å²) < 4.78 is 5.96. The van der Waals surface area contributed by atoms with Crippen LogP contribution >= 0.6 is 0 Å². The predicted molar refractivity (Wildman–Crippen MR) is 109 cm³/mol. The van der Waals surface area contributed by atoms with Crippen LogP contribution in [0.15, 0.2) is 30.3 Å². The first kappa shape index (κ1) is 23.2. The predicted octanol–water partition coefficient (Wildman–Crippen LogP) is 4.78. The normalized spacial score (nSPS) is 13.8. The Bertz CT molecular complexity index is 586. The second kappa shape index (κ2) is 11.1. The van der Waals surface area contributed by atoms with Crippen molar-refractivity contribution in [2.24, 2.45) is 5.73 Å². The van der Waals surface area contributed by atoms with Crippen LogP contribution in [0.25, 0.3) is 0 Å². The van der Waals surface area contributed by atoms with Gasteiger partial charge in [-0.1, -0.05) is 50.6 Å². The molecule has 5 nitrogen and oxygen atoms in total. The molecule has 2 amide bonds. The second-order valence-corrected chi connectivity index (χ2v) is 7.89. The van der Waals surface area contributed by atoms with Crippen LogP contribution in [-0.4, -0.2) is 35.2 Å². The maximum absolute atomic E-state index is 13.3. The van der Waals surface area contributed by atoms with Crippen LogP contribution in [0.4, 0.5) is 4.79 Å². The number of ether oxygens (including phenoxy) is 1. The van der Waals surface area contributed by atoms with Crippen LogP contribution in [0.3, 0.4) is 0 Å². The molecule has 0 aliphatic rings. The zero-order chi connectivity index (χ0) is 20.3. The van der Waals surface area contributed by atoms with Gasteiger partial charge < -0.3 is 10.5 Å². The Balaban J connectivity index is 3.15. The van der Waals surface area contributed by atoms with E-state index in [0.29, 0.717) is 32.5 Å². The minimum Gasteiger partial charge on any atom is -0.420 e. The summed E-state index contributed by atoms with van der Waals surface area (Å²) in [6.07, 6.45) is 4.32. The van der Waals surface area contributed by atoms with Gasteiger partial charge in [-0.25, -0.2) is 4.48 Å². The standard InChI is InChI=1S/C22H36N2O3/c1-5-7-17-27-21(26)24(22(3,4)6-2,16-12-11-15-20(23)25)18-19-13-9-8-10-14-19/h8-10,13-14H,5-7,11-12,15-18H2,1-4H3,(H-,23,25)/p+1. The molecule has 0 saturated carbocycles. The number of amides is 2. The van der Waals surface area contributed by atoms with Crippen molar-refractivity contribution < 1.29 is 18.8 Å². The van der Waals surface area contributed by atoms with Crippen molar-refractivity contribution in [2.75, 3.05) is 13.2 Å². The Kier molecular flexibility index (Phi) is 9.50. The van der Waals surface area contributed by atoms with Gasteiger partial charge in [0.25, 0.3) is 0 Å². The molecule has 0 spiro atoms. The second-order valence-electron chi connectivity index (χ2n) is 7.89. The Morgan fingerprint density at radius 3 is 2.30 bits per heavy atom.